The number of benzene rings is 2. The SMILES string of the molecule is C=CCn1c(SCC(=O)Nc2nc(-c3ccc(C)c(C)c3)cs2)nnc1C(C)Oc1ccc(C(C)C)cc1. The molecule has 0 aliphatic carbocycles. The molecule has 0 spiro atoms. The third-order valence-electron chi connectivity index (χ3n) is 6.17. The van der Waals surface area contributed by atoms with Gasteiger partial charge in [0.15, 0.2) is 22.2 Å². The number of aryl methyl sites for hydroxylation is 2. The van der Waals surface area contributed by atoms with Crippen LogP contribution in [0.3, 0.4) is 0 Å². The molecule has 2 heterocycles. The predicted octanol–water partition coefficient (Wildman–Crippen LogP) is 7.20. The van der Waals surface area contributed by atoms with Gasteiger partial charge in [-0.05, 0) is 61.6 Å². The highest BCUT2D eigenvalue weighted by atomic mass is 32.2. The summed E-state index contributed by atoms with van der Waals surface area (Å²) in [5, 5.41) is 14.8. The molecule has 4 rings (SSSR count). The van der Waals surface area contributed by atoms with Gasteiger partial charge < -0.3 is 10.1 Å². The molecule has 9 heteroatoms. The first-order valence-corrected chi connectivity index (χ1v) is 14.4. The number of thiazole rings is 1. The number of amides is 1. The Kier molecular flexibility index (Phi) is 9.01. The Hall–Kier alpha value is -3.43. The van der Waals surface area contributed by atoms with Crippen molar-refractivity contribution in [2.24, 2.45) is 0 Å². The van der Waals surface area contributed by atoms with E-state index in [9.17, 15) is 4.79 Å². The van der Waals surface area contributed by atoms with Gasteiger partial charge in [-0.3, -0.25) is 9.36 Å². The van der Waals surface area contributed by atoms with Gasteiger partial charge in [-0.2, -0.15) is 0 Å². The third-order valence-corrected chi connectivity index (χ3v) is 7.89. The fourth-order valence-electron chi connectivity index (χ4n) is 3.85. The number of nitrogens with zero attached hydrogens (tertiary/aromatic N) is 4. The number of allylic oxidation sites excluding steroid dienone is 1. The minimum absolute atomic E-state index is 0.153. The van der Waals surface area contributed by atoms with Gasteiger partial charge in [-0.25, -0.2) is 4.98 Å². The molecule has 0 radical (unpaired) electrons. The smallest absolute Gasteiger partial charge is 0.236 e. The van der Waals surface area contributed by atoms with Crippen LogP contribution in [-0.4, -0.2) is 31.4 Å². The van der Waals surface area contributed by atoms with Gasteiger partial charge >= 0.3 is 0 Å². The number of hydrogen-bond donors (Lipinski definition) is 1. The van der Waals surface area contributed by atoms with Crippen molar-refractivity contribution in [3.63, 3.8) is 0 Å². The fourth-order valence-corrected chi connectivity index (χ4v) is 5.34. The van der Waals surface area contributed by atoms with Gasteiger partial charge in [0.25, 0.3) is 0 Å². The fraction of sp³-hybridized carbons (Fsp3) is 0.310. The summed E-state index contributed by atoms with van der Waals surface area (Å²) < 4.78 is 8.07. The van der Waals surface area contributed by atoms with Crippen LogP contribution in [0.5, 0.6) is 5.75 Å². The summed E-state index contributed by atoms with van der Waals surface area (Å²) in [5.74, 6) is 1.94. The summed E-state index contributed by atoms with van der Waals surface area (Å²) >= 11 is 2.73. The molecule has 0 aliphatic rings. The number of rotatable bonds is 11. The van der Waals surface area contributed by atoms with Crippen molar-refractivity contribution in [2.45, 2.75) is 58.3 Å². The lowest BCUT2D eigenvalue weighted by molar-refractivity contribution is -0.113. The number of aromatic nitrogens is 4. The van der Waals surface area contributed by atoms with Crippen molar-refractivity contribution in [3.8, 4) is 17.0 Å². The molecule has 1 atom stereocenters. The summed E-state index contributed by atoms with van der Waals surface area (Å²) in [6.45, 7) is 14.8. The first-order chi connectivity index (χ1) is 18.2. The minimum atomic E-state index is -0.324. The number of anilines is 1. The monoisotopic (exact) mass is 547 g/mol. The molecular formula is C29H33N5O2S2. The van der Waals surface area contributed by atoms with E-state index in [1.807, 2.05) is 35.1 Å². The second-order valence-electron chi connectivity index (χ2n) is 9.40. The van der Waals surface area contributed by atoms with Crippen LogP contribution in [0.2, 0.25) is 0 Å². The highest BCUT2D eigenvalue weighted by Gasteiger charge is 2.20. The van der Waals surface area contributed by atoms with Crippen molar-refractivity contribution in [2.75, 3.05) is 11.1 Å². The van der Waals surface area contributed by atoms with Crippen LogP contribution in [0.25, 0.3) is 11.3 Å². The molecule has 7 nitrogen and oxygen atoms in total. The maximum atomic E-state index is 12.7. The minimum Gasteiger partial charge on any atom is -0.483 e. The van der Waals surface area contributed by atoms with E-state index < -0.39 is 0 Å². The molecule has 1 unspecified atom stereocenters. The van der Waals surface area contributed by atoms with E-state index in [1.165, 1.54) is 39.8 Å². The Morgan fingerprint density at radius 2 is 1.89 bits per heavy atom. The van der Waals surface area contributed by atoms with Crippen LogP contribution in [0.1, 0.15) is 55.3 Å². The first-order valence-electron chi connectivity index (χ1n) is 12.5. The second kappa shape index (κ2) is 12.4. The van der Waals surface area contributed by atoms with E-state index in [0.717, 1.165) is 17.0 Å². The average Bonchev–Trinajstić information content (AvgIpc) is 3.52. The van der Waals surface area contributed by atoms with Gasteiger partial charge in [0.05, 0.1) is 11.4 Å². The molecule has 198 valence electrons. The molecule has 2 aromatic heterocycles. The third kappa shape index (κ3) is 6.71. The molecule has 1 amide bonds. The van der Waals surface area contributed by atoms with Crippen LogP contribution in [0, 0.1) is 13.8 Å². The molecule has 0 bridgehead atoms. The Morgan fingerprint density at radius 1 is 1.13 bits per heavy atom. The van der Waals surface area contributed by atoms with Crippen molar-refractivity contribution >= 4 is 34.1 Å². The zero-order valence-corrected chi connectivity index (χ0v) is 24.0. The summed E-state index contributed by atoms with van der Waals surface area (Å²) in [6, 6.07) is 14.4. The molecule has 1 N–H and O–H groups in total. The summed E-state index contributed by atoms with van der Waals surface area (Å²) in [7, 11) is 0. The van der Waals surface area contributed by atoms with E-state index in [2.05, 4.69) is 79.0 Å². The number of thioether (sulfide) groups is 1. The molecule has 4 aromatic rings. The number of carbonyl (C=O) groups is 1. The van der Waals surface area contributed by atoms with E-state index in [4.69, 9.17) is 4.74 Å². The van der Waals surface area contributed by atoms with Crippen LogP contribution in [0.4, 0.5) is 5.13 Å². The maximum Gasteiger partial charge on any atom is 0.236 e. The topological polar surface area (TPSA) is 81.9 Å². The lowest BCUT2D eigenvalue weighted by atomic mass is 10.0. The molecule has 0 fully saturated rings. The summed E-state index contributed by atoms with van der Waals surface area (Å²) in [5.41, 5.74) is 5.60. The highest BCUT2D eigenvalue weighted by molar-refractivity contribution is 7.99. The Labute approximate surface area is 232 Å². The van der Waals surface area contributed by atoms with Gasteiger partial charge in [0.1, 0.15) is 5.75 Å². The van der Waals surface area contributed by atoms with Crippen molar-refractivity contribution in [1.29, 1.82) is 0 Å². The molecule has 2 aromatic carbocycles. The number of carbonyl (C=O) groups excluding carboxylic acids is 1. The molecule has 0 saturated carbocycles. The Balaban J connectivity index is 1.38. The average molecular weight is 548 g/mol. The Bertz CT molecular complexity index is 1410. The van der Waals surface area contributed by atoms with Gasteiger partial charge in [0.2, 0.25) is 5.91 Å². The van der Waals surface area contributed by atoms with Crippen molar-refractivity contribution in [1.82, 2.24) is 19.7 Å². The van der Waals surface area contributed by atoms with Crippen LogP contribution in [0.15, 0.2) is 65.7 Å². The van der Waals surface area contributed by atoms with Crippen molar-refractivity contribution < 1.29 is 9.53 Å². The lowest BCUT2D eigenvalue weighted by Crippen LogP contribution is -2.15. The normalized spacial score (nSPS) is 11.9. The summed E-state index contributed by atoms with van der Waals surface area (Å²) in [4.78, 5) is 17.3. The largest absolute Gasteiger partial charge is 0.483 e. The van der Waals surface area contributed by atoms with E-state index in [0.29, 0.717) is 28.6 Å². The van der Waals surface area contributed by atoms with Crippen LogP contribution in [-0.2, 0) is 11.3 Å². The number of hydrogen-bond acceptors (Lipinski definition) is 7. The number of nitrogens with one attached hydrogen (secondary N) is 1. The predicted molar refractivity (Wildman–Crippen MR) is 156 cm³/mol. The molecule has 38 heavy (non-hydrogen) atoms. The first kappa shape index (κ1) is 27.6. The molecular weight excluding hydrogens is 514 g/mol. The van der Waals surface area contributed by atoms with Crippen molar-refractivity contribution in [3.05, 3.63) is 83.0 Å². The van der Waals surface area contributed by atoms with E-state index in [1.54, 1.807) is 6.08 Å². The molecule has 0 aliphatic heterocycles. The quantitative estimate of drug-likeness (QED) is 0.158. The van der Waals surface area contributed by atoms with E-state index >= 15 is 0 Å². The maximum absolute atomic E-state index is 12.7. The Morgan fingerprint density at radius 3 is 2.58 bits per heavy atom. The number of ether oxygens (including phenoxy) is 1. The van der Waals surface area contributed by atoms with Gasteiger partial charge in [-0.15, -0.1) is 28.1 Å². The van der Waals surface area contributed by atoms with E-state index in [-0.39, 0.29) is 17.8 Å². The zero-order chi connectivity index (χ0) is 27.2. The van der Waals surface area contributed by atoms with Gasteiger partial charge in [-0.1, -0.05) is 56.0 Å². The summed E-state index contributed by atoms with van der Waals surface area (Å²) in [6.07, 6.45) is 1.46. The standard InChI is InChI=1S/C29H33N5O2S2/c1-7-14-34-27(21(6)36-24-12-10-22(11-13-24)18(2)3)32-33-29(34)38-17-26(35)31-28-30-25(16-37-28)23-9-8-19(4)20(5)15-23/h7-13,15-16,18,21H,1,14,17H2,2-6H3,(H,30,31,35). The second-order valence-corrected chi connectivity index (χ2v) is 11.2. The van der Waals surface area contributed by atoms with Crippen LogP contribution < -0.4 is 10.1 Å². The lowest BCUT2D eigenvalue weighted by Gasteiger charge is -2.16. The van der Waals surface area contributed by atoms with Crippen LogP contribution >= 0.6 is 23.1 Å². The highest BCUT2D eigenvalue weighted by Crippen LogP contribution is 2.28. The van der Waals surface area contributed by atoms with Gasteiger partial charge in [0, 0.05) is 17.5 Å². The molecule has 0 saturated heterocycles. The zero-order valence-electron chi connectivity index (χ0n) is 22.4.